The number of aliphatic hydroxyl groups excluding tert-OH is 3. The second-order valence-electron chi connectivity index (χ2n) is 9.65. The normalized spacial score (nSPS) is 49.9. The van der Waals surface area contributed by atoms with Crippen LogP contribution in [0.1, 0.15) is 51.2 Å². The molecular weight excluding hydrogens is 392 g/mol. The summed E-state index contributed by atoms with van der Waals surface area (Å²) in [5.41, 5.74) is -1.77. The molecule has 3 heterocycles. The zero-order valence-corrected chi connectivity index (χ0v) is 17.3. The van der Waals surface area contributed by atoms with Crippen molar-refractivity contribution in [3.8, 4) is 0 Å². The lowest BCUT2D eigenvalue weighted by Gasteiger charge is -2.63. The molecule has 2 saturated heterocycles. The highest BCUT2D eigenvalue weighted by Gasteiger charge is 2.79. The van der Waals surface area contributed by atoms with Crippen LogP contribution < -0.4 is 0 Å². The molecule has 1 aromatic heterocycles. The van der Waals surface area contributed by atoms with E-state index < -0.39 is 40.9 Å². The van der Waals surface area contributed by atoms with Crippen molar-refractivity contribution in [2.45, 2.75) is 69.7 Å². The van der Waals surface area contributed by atoms with E-state index in [1.807, 2.05) is 13.0 Å². The number of furan rings is 1. The van der Waals surface area contributed by atoms with Gasteiger partial charge in [0.25, 0.3) is 0 Å². The molecule has 8 nitrogen and oxygen atoms in total. The average molecular weight is 422 g/mol. The van der Waals surface area contributed by atoms with Crippen LogP contribution in [0.25, 0.3) is 0 Å². The molecule has 4 aliphatic rings. The van der Waals surface area contributed by atoms with E-state index in [9.17, 15) is 20.1 Å². The SMILES string of the molecule is CC(=O)OCC12C(O)CC(C)C3(CC(c4ccoc4)OC3O)C1CCC(O)C21CO1. The van der Waals surface area contributed by atoms with Gasteiger partial charge in [0, 0.05) is 17.9 Å². The largest absolute Gasteiger partial charge is 0.472 e. The van der Waals surface area contributed by atoms with Gasteiger partial charge in [-0.25, -0.2) is 0 Å². The van der Waals surface area contributed by atoms with Gasteiger partial charge in [-0.2, -0.15) is 0 Å². The van der Waals surface area contributed by atoms with E-state index in [4.69, 9.17) is 18.6 Å². The van der Waals surface area contributed by atoms with Crippen molar-refractivity contribution >= 4 is 5.97 Å². The van der Waals surface area contributed by atoms with Crippen LogP contribution in [0.2, 0.25) is 0 Å². The summed E-state index contributed by atoms with van der Waals surface area (Å²) in [6.07, 6.45) is 2.27. The average Bonchev–Trinajstić information content (AvgIpc) is 3.16. The fraction of sp³-hybridized carbons (Fsp3) is 0.773. The zero-order valence-electron chi connectivity index (χ0n) is 17.3. The predicted octanol–water partition coefficient (Wildman–Crippen LogP) is 1.54. The van der Waals surface area contributed by atoms with Gasteiger partial charge >= 0.3 is 5.97 Å². The second-order valence-corrected chi connectivity index (χ2v) is 9.65. The molecule has 0 aromatic carbocycles. The van der Waals surface area contributed by atoms with Crippen LogP contribution in [0.3, 0.4) is 0 Å². The number of aliphatic hydroxyl groups is 3. The molecule has 2 aliphatic heterocycles. The summed E-state index contributed by atoms with van der Waals surface area (Å²) in [6.45, 7) is 3.62. The monoisotopic (exact) mass is 422 g/mol. The lowest BCUT2D eigenvalue weighted by Crippen LogP contribution is -2.71. The lowest BCUT2D eigenvalue weighted by molar-refractivity contribution is -0.273. The standard InChI is InChI=1S/C22H30O8/c1-12-7-18(25)21(10-28-13(2)23)16(3-4-17(24)22(21)11-29-22)20(12)8-15(30-19(20)26)14-5-6-27-9-14/h5-6,9,12,15-19,24-26H,3-4,7-8,10-11H2,1-2H3. The number of rotatable bonds is 3. The number of hydrogen-bond donors (Lipinski definition) is 3. The Balaban J connectivity index is 1.60. The molecule has 4 fully saturated rings. The summed E-state index contributed by atoms with van der Waals surface area (Å²) < 4.78 is 22.6. The maximum atomic E-state index is 11.7. The van der Waals surface area contributed by atoms with Crippen LogP contribution >= 0.6 is 0 Å². The van der Waals surface area contributed by atoms with Gasteiger partial charge in [-0.05, 0) is 43.6 Å². The molecule has 2 aliphatic carbocycles. The Bertz CT molecular complexity index is 804. The Morgan fingerprint density at radius 1 is 1.27 bits per heavy atom. The molecule has 3 N–H and O–H groups in total. The van der Waals surface area contributed by atoms with Gasteiger partial charge in [0.1, 0.15) is 12.2 Å². The highest BCUT2D eigenvalue weighted by molar-refractivity contribution is 5.66. The summed E-state index contributed by atoms with van der Waals surface area (Å²) in [5, 5.41) is 33.5. The Labute approximate surface area is 175 Å². The first kappa shape index (κ1) is 20.5. The minimum Gasteiger partial charge on any atom is -0.472 e. The predicted molar refractivity (Wildman–Crippen MR) is 102 cm³/mol. The smallest absolute Gasteiger partial charge is 0.302 e. The van der Waals surface area contributed by atoms with Crippen LogP contribution in [0, 0.1) is 22.7 Å². The molecular formula is C22H30O8. The molecule has 9 unspecified atom stereocenters. The first-order valence-electron chi connectivity index (χ1n) is 10.8. The summed E-state index contributed by atoms with van der Waals surface area (Å²) >= 11 is 0. The Kier molecular flexibility index (Phi) is 4.62. The van der Waals surface area contributed by atoms with Crippen molar-refractivity contribution in [1.29, 1.82) is 0 Å². The number of hydrogen-bond acceptors (Lipinski definition) is 8. The third kappa shape index (κ3) is 2.48. The molecule has 8 heteroatoms. The van der Waals surface area contributed by atoms with Gasteiger partial charge in [0.2, 0.25) is 0 Å². The summed E-state index contributed by atoms with van der Waals surface area (Å²) in [7, 11) is 0. The molecule has 30 heavy (non-hydrogen) atoms. The molecule has 2 saturated carbocycles. The van der Waals surface area contributed by atoms with Crippen molar-refractivity contribution < 1.29 is 38.7 Å². The zero-order chi connectivity index (χ0) is 21.3. The number of esters is 1. The van der Waals surface area contributed by atoms with E-state index in [0.717, 1.165) is 5.56 Å². The Morgan fingerprint density at radius 2 is 2.03 bits per heavy atom. The lowest BCUT2D eigenvalue weighted by atomic mass is 9.42. The molecule has 2 spiro atoms. The molecule has 0 bridgehead atoms. The maximum Gasteiger partial charge on any atom is 0.302 e. The van der Waals surface area contributed by atoms with Crippen LogP contribution in [-0.2, 0) is 19.0 Å². The second kappa shape index (κ2) is 6.77. The fourth-order valence-corrected chi connectivity index (χ4v) is 7.04. The number of carbonyl (C=O) groups is 1. The Hall–Kier alpha value is -1.45. The highest BCUT2D eigenvalue weighted by atomic mass is 16.6. The maximum absolute atomic E-state index is 11.7. The minimum absolute atomic E-state index is 0.0408. The molecule has 9 atom stereocenters. The van der Waals surface area contributed by atoms with Crippen molar-refractivity contribution in [2.24, 2.45) is 22.7 Å². The fourth-order valence-electron chi connectivity index (χ4n) is 7.04. The number of carbonyl (C=O) groups excluding carboxylic acids is 1. The van der Waals surface area contributed by atoms with Gasteiger partial charge in [0.05, 0.1) is 42.9 Å². The Morgan fingerprint density at radius 3 is 2.67 bits per heavy atom. The van der Waals surface area contributed by atoms with E-state index in [1.165, 1.54) is 6.92 Å². The molecule has 5 rings (SSSR count). The number of fused-ring (bicyclic) bond motifs is 3. The number of epoxide rings is 1. The highest BCUT2D eigenvalue weighted by Crippen LogP contribution is 2.71. The van der Waals surface area contributed by atoms with Crippen LogP contribution in [0.4, 0.5) is 0 Å². The first-order chi connectivity index (χ1) is 14.3. The van der Waals surface area contributed by atoms with Crippen LogP contribution in [0.5, 0.6) is 0 Å². The van der Waals surface area contributed by atoms with E-state index in [0.29, 0.717) is 32.3 Å². The molecule has 1 aromatic rings. The van der Waals surface area contributed by atoms with Crippen molar-refractivity contribution in [3.63, 3.8) is 0 Å². The topological polar surface area (TPSA) is 122 Å². The number of ether oxygens (including phenoxy) is 3. The van der Waals surface area contributed by atoms with Crippen molar-refractivity contribution in [1.82, 2.24) is 0 Å². The van der Waals surface area contributed by atoms with Gasteiger partial charge < -0.3 is 33.9 Å². The van der Waals surface area contributed by atoms with Gasteiger partial charge in [0.15, 0.2) is 6.29 Å². The van der Waals surface area contributed by atoms with Crippen molar-refractivity contribution in [2.75, 3.05) is 13.2 Å². The van der Waals surface area contributed by atoms with E-state index in [2.05, 4.69) is 0 Å². The third-order valence-corrected chi connectivity index (χ3v) is 8.59. The minimum atomic E-state index is -1.05. The van der Waals surface area contributed by atoms with E-state index in [-0.39, 0.29) is 24.5 Å². The van der Waals surface area contributed by atoms with Crippen LogP contribution in [-0.4, -0.2) is 58.6 Å². The van der Waals surface area contributed by atoms with Gasteiger partial charge in [-0.15, -0.1) is 0 Å². The molecule has 166 valence electrons. The quantitative estimate of drug-likeness (QED) is 0.495. The van der Waals surface area contributed by atoms with Gasteiger partial charge in [-0.1, -0.05) is 6.92 Å². The molecule has 0 amide bonds. The van der Waals surface area contributed by atoms with Crippen LogP contribution in [0.15, 0.2) is 23.0 Å². The molecule has 0 radical (unpaired) electrons. The summed E-state index contributed by atoms with van der Waals surface area (Å²) in [5.74, 6) is -0.736. The van der Waals surface area contributed by atoms with Gasteiger partial charge in [-0.3, -0.25) is 4.79 Å². The summed E-state index contributed by atoms with van der Waals surface area (Å²) in [6, 6.07) is 1.83. The van der Waals surface area contributed by atoms with Crippen molar-refractivity contribution in [3.05, 3.63) is 24.2 Å². The van der Waals surface area contributed by atoms with E-state index >= 15 is 0 Å². The summed E-state index contributed by atoms with van der Waals surface area (Å²) in [4.78, 5) is 11.7. The third-order valence-electron chi connectivity index (χ3n) is 8.59. The van der Waals surface area contributed by atoms with E-state index in [1.54, 1.807) is 12.5 Å². The first-order valence-corrected chi connectivity index (χ1v) is 10.8.